The van der Waals surface area contributed by atoms with Gasteiger partial charge in [0.05, 0.1) is 0 Å². The molecule has 0 amide bonds. The second kappa shape index (κ2) is 4.23. The molecule has 0 spiro atoms. The molecule has 1 aromatic rings. The number of anilines is 1. The summed E-state index contributed by atoms with van der Waals surface area (Å²) in [6, 6.07) is 0.558. The molecule has 1 unspecified atom stereocenters. The Morgan fingerprint density at radius 1 is 1.75 bits per heavy atom. The lowest BCUT2D eigenvalue weighted by Crippen LogP contribution is -2.27. The molecule has 0 aromatic carbocycles. The maximum absolute atomic E-state index is 4.34. The highest BCUT2D eigenvalue weighted by atomic mass is 79.9. The van der Waals surface area contributed by atoms with Crippen LogP contribution in [0.4, 0.5) is 5.13 Å². The summed E-state index contributed by atoms with van der Waals surface area (Å²) >= 11 is 5.01. The van der Waals surface area contributed by atoms with Gasteiger partial charge in [0.15, 0.2) is 5.13 Å². The predicted octanol–water partition coefficient (Wildman–Crippen LogP) is 3.14. The summed E-state index contributed by atoms with van der Waals surface area (Å²) in [5.41, 5.74) is 0. The van der Waals surface area contributed by atoms with E-state index in [1.54, 1.807) is 11.3 Å². The topological polar surface area (TPSA) is 16.1 Å². The Bertz CT molecular complexity index is 249. The van der Waals surface area contributed by atoms with Gasteiger partial charge in [0.25, 0.3) is 0 Å². The lowest BCUT2D eigenvalue weighted by molar-refractivity contribution is 0.662. The van der Waals surface area contributed by atoms with E-state index in [-0.39, 0.29) is 0 Å². The fraction of sp³-hybridized carbons (Fsp3) is 0.625. The van der Waals surface area contributed by atoms with E-state index in [1.165, 1.54) is 0 Å². The summed E-state index contributed by atoms with van der Waals surface area (Å²) in [6.07, 6.45) is 1.15. The Morgan fingerprint density at radius 2 is 2.42 bits per heavy atom. The van der Waals surface area contributed by atoms with Gasteiger partial charge >= 0.3 is 0 Å². The zero-order chi connectivity index (χ0) is 9.14. The molecule has 12 heavy (non-hydrogen) atoms. The van der Waals surface area contributed by atoms with E-state index in [9.17, 15) is 0 Å². The maximum atomic E-state index is 4.34. The number of hydrogen-bond donors (Lipinski definition) is 0. The van der Waals surface area contributed by atoms with E-state index in [1.807, 2.05) is 5.38 Å². The van der Waals surface area contributed by atoms with E-state index in [4.69, 9.17) is 0 Å². The van der Waals surface area contributed by atoms with Gasteiger partial charge in [-0.1, -0.05) is 6.92 Å². The number of halogens is 1. The largest absolute Gasteiger partial charge is 0.348 e. The highest BCUT2D eigenvalue weighted by Crippen LogP contribution is 2.24. The number of hydrogen-bond acceptors (Lipinski definition) is 3. The van der Waals surface area contributed by atoms with Crippen LogP contribution in [0.1, 0.15) is 20.3 Å². The van der Waals surface area contributed by atoms with Crippen molar-refractivity contribution < 1.29 is 0 Å². The van der Waals surface area contributed by atoms with E-state index in [0.29, 0.717) is 6.04 Å². The molecule has 0 N–H and O–H groups in total. The Kier molecular flexibility index (Phi) is 3.53. The molecule has 1 rings (SSSR count). The summed E-state index contributed by atoms with van der Waals surface area (Å²) in [7, 11) is 2.08. The molecule has 0 bridgehead atoms. The average molecular weight is 249 g/mol. The first-order valence-corrected chi connectivity index (χ1v) is 5.66. The van der Waals surface area contributed by atoms with Crippen molar-refractivity contribution in [3.8, 4) is 0 Å². The fourth-order valence-electron chi connectivity index (χ4n) is 0.870. The summed E-state index contributed by atoms with van der Waals surface area (Å²) in [4.78, 5) is 6.54. The molecule has 4 heteroatoms. The molecule has 1 atom stereocenters. The molecule has 1 aromatic heterocycles. The van der Waals surface area contributed by atoms with Crippen molar-refractivity contribution in [2.24, 2.45) is 0 Å². The van der Waals surface area contributed by atoms with Gasteiger partial charge in [-0.05, 0) is 29.3 Å². The third-order valence-corrected chi connectivity index (χ3v) is 3.66. The van der Waals surface area contributed by atoms with Crippen molar-refractivity contribution in [1.82, 2.24) is 4.98 Å². The van der Waals surface area contributed by atoms with Crippen LogP contribution in [0, 0.1) is 0 Å². The molecule has 0 radical (unpaired) electrons. The minimum absolute atomic E-state index is 0.558. The predicted molar refractivity (Wildman–Crippen MR) is 58.0 cm³/mol. The number of rotatable bonds is 3. The summed E-state index contributed by atoms with van der Waals surface area (Å²) in [5.74, 6) is 0. The van der Waals surface area contributed by atoms with Crippen LogP contribution >= 0.6 is 27.3 Å². The molecule has 0 saturated heterocycles. The van der Waals surface area contributed by atoms with Crippen LogP contribution < -0.4 is 4.90 Å². The van der Waals surface area contributed by atoms with Crippen LogP contribution in [0.5, 0.6) is 0 Å². The first-order valence-electron chi connectivity index (χ1n) is 3.99. The third-order valence-electron chi connectivity index (χ3n) is 2.02. The van der Waals surface area contributed by atoms with Crippen LogP contribution in [-0.4, -0.2) is 18.1 Å². The van der Waals surface area contributed by atoms with Gasteiger partial charge in [-0.25, -0.2) is 4.98 Å². The van der Waals surface area contributed by atoms with E-state index in [2.05, 4.69) is 46.7 Å². The Labute approximate surface area is 85.7 Å². The normalized spacial score (nSPS) is 13.0. The van der Waals surface area contributed by atoms with Crippen molar-refractivity contribution >= 4 is 32.4 Å². The maximum Gasteiger partial charge on any atom is 0.186 e. The van der Waals surface area contributed by atoms with Crippen LogP contribution in [0.25, 0.3) is 0 Å². The van der Waals surface area contributed by atoms with Crippen LogP contribution in [0.2, 0.25) is 0 Å². The average Bonchev–Trinajstić information content (AvgIpc) is 2.49. The van der Waals surface area contributed by atoms with Crippen LogP contribution in [0.3, 0.4) is 0 Å². The van der Waals surface area contributed by atoms with Gasteiger partial charge in [0, 0.05) is 18.5 Å². The molecule has 68 valence electrons. The second-order valence-electron chi connectivity index (χ2n) is 2.82. The third kappa shape index (κ3) is 2.20. The van der Waals surface area contributed by atoms with E-state index >= 15 is 0 Å². The minimum Gasteiger partial charge on any atom is -0.348 e. The Balaban J connectivity index is 2.70. The van der Waals surface area contributed by atoms with Gasteiger partial charge in [0.1, 0.15) is 4.60 Å². The lowest BCUT2D eigenvalue weighted by Gasteiger charge is -2.22. The van der Waals surface area contributed by atoms with Crippen LogP contribution in [0.15, 0.2) is 9.98 Å². The molecule has 1 heterocycles. The molecule has 2 nitrogen and oxygen atoms in total. The molecular weight excluding hydrogens is 236 g/mol. The minimum atomic E-state index is 0.558. The summed E-state index contributed by atoms with van der Waals surface area (Å²) in [5, 5.41) is 3.09. The quantitative estimate of drug-likeness (QED) is 0.818. The molecule has 0 aliphatic carbocycles. The van der Waals surface area contributed by atoms with Crippen molar-refractivity contribution in [3.05, 3.63) is 9.98 Å². The van der Waals surface area contributed by atoms with Gasteiger partial charge < -0.3 is 4.90 Å². The smallest absolute Gasteiger partial charge is 0.186 e. The monoisotopic (exact) mass is 248 g/mol. The fourth-order valence-corrected chi connectivity index (χ4v) is 2.19. The number of thiazole rings is 1. The molecular formula is C8H13BrN2S. The summed E-state index contributed by atoms with van der Waals surface area (Å²) < 4.78 is 0.928. The van der Waals surface area contributed by atoms with Gasteiger partial charge in [-0.15, -0.1) is 11.3 Å². The molecule has 0 aliphatic heterocycles. The highest BCUT2D eigenvalue weighted by molar-refractivity contribution is 9.10. The second-order valence-corrected chi connectivity index (χ2v) is 4.47. The standard InChI is InChI=1S/C8H13BrN2S/c1-4-6(2)11(3)8-10-7(9)5-12-8/h5-6H,4H2,1-3H3. The van der Waals surface area contributed by atoms with E-state index < -0.39 is 0 Å². The molecule has 0 saturated carbocycles. The van der Waals surface area contributed by atoms with Gasteiger partial charge in [-0.2, -0.15) is 0 Å². The SMILES string of the molecule is CCC(C)N(C)c1nc(Br)cs1. The first-order chi connectivity index (χ1) is 5.65. The Morgan fingerprint density at radius 3 is 2.83 bits per heavy atom. The van der Waals surface area contributed by atoms with Crippen molar-refractivity contribution in [2.75, 3.05) is 11.9 Å². The molecule has 0 aliphatic rings. The Hall–Kier alpha value is -0.0900. The molecule has 0 fully saturated rings. The number of aromatic nitrogens is 1. The van der Waals surface area contributed by atoms with Gasteiger partial charge in [-0.3, -0.25) is 0 Å². The zero-order valence-corrected chi connectivity index (χ0v) is 9.94. The number of nitrogens with zero attached hydrogens (tertiary/aromatic N) is 2. The first kappa shape index (κ1) is 9.99. The van der Waals surface area contributed by atoms with Crippen molar-refractivity contribution in [2.45, 2.75) is 26.3 Å². The van der Waals surface area contributed by atoms with E-state index in [0.717, 1.165) is 16.2 Å². The van der Waals surface area contributed by atoms with Crippen LogP contribution in [-0.2, 0) is 0 Å². The lowest BCUT2D eigenvalue weighted by atomic mass is 10.2. The van der Waals surface area contributed by atoms with Gasteiger partial charge in [0.2, 0.25) is 0 Å². The summed E-state index contributed by atoms with van der Waals surface area (Å²) in [6.45, 7) is 4.39. The van der Waals surface area contributed by atoms with Crippen molar-refractivity contribution in [3.63, 3.8) is 0 Å². The zero-order valence-electron chi connectivity index (χ0n) is 7.54. The van der Waals surface area contributed by atoms with Crippen molar-refractivity contribution in [1.29, 1.82) is 0 Å². The highest BCUT2D eigenvalue weighted by Gasteiger charge is 2.10.